The molecule has 0 atom stereocenters. The molecule has 0 amide bonds. The minimum Gasteiger partial charge on any atom is -0.316 e. The average molecular weight is 204 g/mol. The summed E-state index contributed by atoms with van der Waals surface area (Å²) in [6.45, 7) is 4.39. The maximum Gasteiger partial charge on any atom is -0.00174 e. The second kappa shape index (κ2) is 8.49. The van der Waals surface area contributed by atoms with E-state index in [9.17, 15) is 0 Å². The molecule has 0 spiro atoms. The lowest BCUT2D eigenvalue weighted by atomic mass is 10.1. The Morgan fingerprint density at radius 2 is 2.00 bits per heavy atom. The van der Waals surface area contributed by atoms with Crippen LogP contribution < -0.4 is 5.32 Å². The van der Waals surface area contributed by atoms with Crippen molar-refractivity contribution in [3.63, 3.8) is 0 Å². The van der Waals surface area contributed by atoms with Crippen LogP contribution in [0.15, 0.2) is 30.3 Å². The van der Waals surface area contributed by atoms with E-state index in [0.29, 0.717) is 0 Å². The molecule has 0 bridgehead atoms. The number of hydrogen-bond donors (Lipinski definition) is 1. The summed E-state index contributed by atoms with van der Waals surface area (Å²) in [5.41, 5.74) is 1.45. The molecule has 0 heterocycles. The van der Waals surface area contributed by atoms with Crippen LogP contribution in [0, 0.1) is 6.42 Å². The molecule has 15 heavy (non-hydrogen) atoms. The Labute approximate surface area is 93.9 Å². The van der Waals surface area contributed by atoms with E-state index >= 15 is 0 Å². The van der Waals surface area contributed by atoms with Crippen molar-refractivity contribution in [1.29, 1.82) is 0 Å². The Bertz CT molecular complexity index is 230. The van der Waals surface area contributed by atoms with Crippen LogP contribution in [0.25, 0.3) is 0 Å². The molecule has 0 saturated carbocycles. The van der Waals surface area contributed by atoms with E-state index in [2.05, 4.69) is 49.0 Å². The van der Waals surface area contributed by atoms with Gasteiger partial charge in [-0.2, -0.15) is 0 Å². The summed E-state index contributed by atoms with van der Waals surface area (Å²) >= 11 is 0. The third-order valence-electron chi connectivity index (χ3n) is 2.43. The molecule has 0 unspecified atom stereocenters. The molecule has 0 saturated heterocycles. The summed E-state index contributed by atoms with van der Waals surface area (Å²) in [5.74, 6) is 0. The smallest absolute Gasteiger partial charge is 0.00174 e. The average Bonchev–Trinajstić information content (AvgIpc) is 2.29. The van der Waals surface area contributed by atoms with Crippen LogP contribution in [-0.2, 0) is 6.42 Å². The van der Waals surface area contributed by atoms with Gasteiger partial charge in [-0.3, -0.25) is 0 Å². The number of aryl methyl sites for hydroxylation is 1. The first-order valence-electron chi connectivity index (χ1n) is 5.99. The van der Waals surface area contributed by atoms with Gasteiger partial charge in [0.25, 0.3) is 0 Å². The Morgan fingerprint density at radius 1 is 1.20 bits per heavy atom. The summed E-state index contributed by atoms with van der Waals surface area (Å²) in [4.78, 5) is 0. The lowest BCUT2D eigenvalue weighted by Crippen LogP contribution is -2.16. The summed E-state index contributed by atoms with van der Waals surface area (Å²) in [7, 11) is 0. The molecule has 0 fully saturated rings. The van der Waals surface area contributed by atoms with Crippen LogP contribution in [0.4, 0.5) is 0 Å². The molecule has 1 rings (SSSR count). The Balaban J connectivity index is 1.93. The summed E-state index contributed by atoms with van der Waals surface area (Å²) < 4.78 is 0. The van der Waals surface area contributed by atoms with Crippen LogP contribution in [-0.4, -0.2) is 13.1 Å². The van der Waals surface area contributed by atoms with Gasteiger partial charge in [-0.05, 0) is 50.8 Å². The van der Waals surface area contributed by atoms with E-state index in [0.717, 1.165) is 13.1 Å². The third kappa shape index (κ3) is 6.29. The number of rotatable bonds is 8. The van der Waals surface area contributed by atoms with Crippen molar-refractivity contribution in [2.45, 2.75) is 32.6 Å². The van der Waals surface area contributed by atoms with Crippen molar-refractivity contribution in [1.82, 2.24) is 5.32 Å². The van der Waals surface area contributed by atoms with E-state index < -0.39 is 0 Å². The standard InChI is InChI=1S/C14H22N/c1-2-12-15-13-8-4-7-11-14-9-5-3-6-10-14/h3,5-6,8-10,15H,2,4,7,11-13H2,1H3. The quantitative estimate of drug-likeness (QED) is 0.641. The second-order valence-electron chi connectivity index (χ2n) is 3.87. The molecular formula is C14H22N. The van der Waals surface area contributed by atoms with Crippen molar-refractivity contribution >= 4 is 0 Å². The second-order valence-corrected chi connectivity index (χ2v) is 3.87. The van der Waals surface area contributed by atoms with Gasteiger partial charge in [0, 0.05) is 0 Å². The fraction of sp³-hybridized carbons (Fsp3) is 0.500. The molecule has 0 aliphatic rings. The largest absolute Gasteiger partial charge is 0.316 e. The molecular weight excluding hydrogens is 182 g/mol. The van der Waals surface area contributed by atoms with Gasteiger partial charge in [-0.1, -0.05) is 37.3 Å². The molecule has 0 aliphatic carbocycles. The van der Waals surface area contributed by atoms with Gasteiger partial charge in [-0.25, -0.2) is 0 Å². The zero-order valence-corrected chi connectivity index (χ0v) is 9.71. The predicted molar refractivity (Wildman–Crippen MR) is 66.8 cm³/mol. The van der Waals surface area contributed by atoms with Gasteiger partial charge in [0.05, 0.1) is 0 Å². The van der Waals surface area contributed by atoms with Crippen molar-refractivity contribution in [3.8, 4) is 0 Å². The Kier molecular flexibility index (Phi) is 6.93. The van der Waals surface area contributed by atoms with E-state index in [1.807, 2.05) is 0 Å². The highest BCUT2D eigenvalue weighted by Crippen LogP contribution is 2.05. The highest BCUT2D eigenvalue weighted by Gasteiger charge is 1.92. The third-order valence-corrected chi connectivity index (χ3v) is 2.43. The Morgan fingerprint density at radius 3 is 2.73 bits per heavy atom. The first-order valence-corrected chi connectivity index (χ1v) is 5.99. The molecule has 83 valence electrons. The fourth-order valence-electron chi connectivity index (χ4n) is 1.58. The molecule has 1 nitrogen and oxygen atoms in total. The first kappa shape index (κ1) is 12.3. The predicted octanol–water partition coefficient (Wildman–Crippen LogP) is 3.21. The van der Waals surface area contributed by atoms with Crippen LogP contribution >= 0.6 is 0 Å². The minimum atomic E-state index is 1.06. The topological polar surface area (TPSA) is 12.0 Å². The normalized spacial score (nSPS) is 10.5. The monoisotopic (exact) mass is 204 g/mol. The highest BCUT2D eigenvalue weighted by atomic mass is 14.8. The van der Waals surface area contributed by atoms with Gasteiger partial charge in [0.1, 0.15) is 0 Å². The first-order chi connectivity index (χ1) is 7.43. The number of hydrogen-bond acceptors (Lipinski definition) is 1. The summed E-state index contributed by atoms with van der Waals surface area (Å²) in [6, 6.07) is 10.7. The molecule has 1 aromatic rings. The highest BCUT2D eigenvalue weighted by molar-refractivity contribution is 5.14. The lowest BCUT2D eigenvalue weighted by molar-refractivity contribution is 0.680. The number of unbranched alkanes of at least 4 members (excludes halogenated alkanes) is 2. The van der Waals surface area contributed by atoms with Crippen LogP contribution in [0.2, 0.25) is 0 Å². The SMILES string of the molecule is CCCNC[CH]CCCc1ccccc1. The number of nitrogens with one attached hydrogen (secondary N) is 1. The molecule has 1 heteroatoms. The van der Waals surface area contributed by atoms with Crippen molar-refractivity contribution in [2.24, 2.45) is 0 Å². The van der Waals surface area contributed by atoms with Crippen molar-refractivity contribution < 1.29 is 0 Å². The van der Waals surface area contributed by atoms with E-state index in [1.54, 1.807) is 0 Å². The van der Waals surface area contributed by atoms with Gasteiger partial charge in [-0.15, -0.1) is 0 Å². The van der Waals surface area contributed by atoms with Gasteiger partial charge in [0.15, 0.2) is 0 Å². The maximum atomic E-state index is 3.38. The van der Waals surface area contributed by atoms with Gasteiger partial charge in [0.2, 0.25) is 0 Å². The molecule has 1 radical (unpaired) electrons. The summed E-state index contributed by atoms with van der Waals surface area (Å²) in [6.07, 6.45) is 7.24. The molecule has 0 aromatic heterocycles. The van der Waals surface area contributed by atoms with Crippen LogP contribution in [0.3, 0.4) is 0 Å². The zero-order valence-electron chi connectivity index (χ0n) is 9.71. The molecule has 0 aliphatic heterocycles. The van der Waals surface area contributed by atoms with Crippen LogP contribution in [0.1, 0.15) is 31.7 Å². The fourth-order valence-corrected chi connectivity index (χ4v) is 1.58. The maximum absolute atomic E-state index is 3.38. The molecule has 1 aromatic carbocycles. The lowest BCUT2D eigenvalue weighted by Gasteiger charge is -2.03. The zero-order chi connectivity index (χ0) is 10.8. The van der Waals surface area contributed by atoms with Crippen molar-refractivity contribution in [2.75, 3.05) is 13.1 Å². The van der Waals surface area contributed by atoms with E-state index in [4.69, 9.17) is 0 Å². The summed E-state index contributed by atoms with van der Waals surface area (Å²) in [5, 5.41) is 3.38. The van der Waals surface area contributed by atoms with Crippen LogP contribution in [0.5, 0.6) is 0 Å². The van der Waals surface area contributed by atoms with Crippen molar-refractivity contribution in [3.05, 3.63) is 42.3 Å². The van der Waals surface area contributed by atoms with E-state index in [1.165, 1.54) is 31.2 Å². The number of benzene rings is 1. The molecule has 1 N–H and O–H groups in total. The Hall–Kier alpha value is -0.820. The van der Waals surface area contributed by atoms with E-state index in [-0.39, 0.29) is 0 Å². The minimum absolute atomic E-state index is 1.06. The van der Waals surface area contributed by atoms with Gasteiger partial charge >= 0.3 is 0 Å². The van der Waals surface area contributed by atoms with Gasteiger partial charge < -0.3 is 5.32 Å².